The summed E-state index contributed by atoms with van der Waals surface area (Å²) < 4.78 is 16.7. The van der Waals surface area contributed by atoms with Crippen molar-refractivity contribution in [3.63, 3.8) is 0 Å². The molecule has 150 valence electrons. The summed E-state index contributed by atoms with van der Waals surface area (Å²) >= 11 is 2.81. The van der Waals surface area contributed by atoms with E-state index in [-0.39, 0.29) is 23.0 Å². The van der Waals surface area contributed by atoms with Crippen LogP contribution in [0.15, 0.2) is 40.6 Å². The van der Waals surface area contributed by atoms with Crippen molar-refractivity contribution in [3.05, 3.63) is 63.5 Å². The third-order valence-corrected chi connectivity index (χ3v) is 6.17. The summed E-state index contributed by atoms with van der Waals surface area (Å²) in [5.74, 6) is 1.17. The van der Waals surface area contributed by atoms with Gasteiger partial charge in [0.05, 0.1) is 22.5 Å². The minimum Gasteiger partial charge on any atom is -0.355 e. The van der Waals surface area contributed by atoms with Crippen molar-refractivity contribution < 1.29 is 9.18 Å². The maximum Gasteiger partial charge on any atom is 0.258 e. The lowest BCUT2D eigenvalue weighted by Crippen LogP contribution is -2.28. The molecule has 29 heavy (non-hydrogen) atoms. The van der Waals surface area contributed by atoms with Gasteiger partial charge in [0.1, 0.15) is 11.6 Å². The first-order chi connectivity index (χ1) is 14.0. The van der Waals surface area contributed by atoms with Crippen LogP contribution in [0.1, 0.15) is 11.5 Å². The van der Waals surface area contributed by atoms with Gasteiger partial charge in [-0.3, -0.25) is 14.0 Å². The van der Waals surface area contributed by atoms with E-state index in [0.29, 0.717) is 29.4 Å². The number of carbonyl (C=O) groups is 1. The number of amides is 1. The first kappa shape index (κ1) is 19.6. The maximum atomic E-state index is 13.4. The van der Waals surface area contributed by atoms with Crippen molar-refractivity contribution in [3.8, 4) is 0 Å². The number of imidazole rings is 1. The number of rotatable bonds is 7. The second kappa shape index (κ2) is 8.34. The summed E-state index contributed by atoms with van der Waals surface area (Å²) in [5.41, 5.74) is 2.02. The van der Waals surface area contributed by atoms with Gasteiger partial charge < -0.3 is 9.88 Å². The number of carbonyl (C=O) groups excluding carboxylic acids is 1. The van der Waals surface area contributed by atoms with Crippen molar-refractivity contribution in [2.24, 2.45) is 7.05 Å². The van der Waals surface area contributed by atoms with Gasteiger partial charge >= 0.3 is 0 Å². The summed E-state index contributed by atoms with van der Waals surface area (Å²) in [6.45, 7) is 0.444. The highest BCUT2D eigenvalue weighted by molar-refractivity contribution is 7.99. The molecule has 1 aromatic carbocycles. The first-order valence-corrected chi connectivity index (χ1v) is 11.0. The summed E-state index contributed by atoms with van der Waals surface area (Å²) in [6.07, 6.45) is 2.25. The third kappa shape index (κ3) is 4.33. The Kier molecular flexibility index (Phi) is 5.63. The topological polar surface area (TPSA) is 81.3 Å². The number of aryl methyl sites for hydroxylation is 1. The number of benzene rings is 1. The molecule has 0 atom stereocenters. The van der Waals surface area contributed by atoms with E-state index < -0.39 is 0 Å². The summed E-state index contributed by atoms with van der Waals surface area (Å²) in [6, 6.07) is 5.99. The van der Waals surface area contributed by atoms with Crippen LogP contribution in [0.4, 0.5) is 4.39 Å². The molecule has 0 saturated carbocycles. The van der Waals surface area contributed by atoms with Crippen LogP contribution in [0.2, 0.25) is 0 Å². The Morgan fingerprint density at radius 1 is 1.31 bits per heavy atom. The highest BCUT2D eigenvalue weighted by Crippen LogP contribution is 2.16. The fourth-order valence-corrected chi connectivity index (χ4v) is 4.50. The molecule has 4 rings (SSSR count). The smallest absolute Gasteiger partial charge is 0.258 e. The molecule has 0 unspecified atom stereocenters. The number of halogens is 1. The molecular weight excluding hydrogens is 413 g/mol. The van der Waals surface area contributed by atoms with E-state index in [9.17, 15) is 14.0 Å². The van der Waals surface area contributed by atoms with Crippen LogP contribution in [-0.4, -0.2) is 37.1 Å². The summed E-state index contributed by atoms with van der Waals surface area (Å²) in [5, 5.41) is 4.68. The van der Waals surface area contributed by atoms with Crippen LogP contribution in [0.5, 0.6) is 0 Å². The fraction of sp³-hybridized carbons (Fsp3) is 0.263. The van der Waals surface area contributed by atoms with Gasteiger partial charge in [0.2, 0.25) is 5.91 Å². The number of hydrogen-bond acceptors (Lipinski definition) is 6. The highest BCUT2D eigenvalue weighted by atomic mass is 32.2. The molecule has 3 heterocycles. The molecule has 0 aliphatic carbocycles. The molecule has 1 N–H and O–H groups in total. The highest BCUT2D eigenvalue weighted by Gasteiger charge is 2.10. The molecular formula is C19H18FN5O2S2. The lowest BCUT2D eigenvalue weighted by molar-refractivity contribution is -0.118. The molecule has 0 bridgehead atoms. The zero-order chi connectivity index (χ0) is 20.4. The van der Waals surface area contributed by atoms with Gasteiger partial charge in [0.25, 0.3) is 5.56 Å². The van der Waals surface area contributed by atoms with Crippen LogP contribution in [0.25, 0.3) is 16.0 Å². The average molecular weight is 432 g/mol. The Morgan fingerprint density at radius 2 is 2.17 bits per heavy atom. The van der Waals surface area contributed by atoms with Crippen LogP contribution >= 0.6 is 23.1 Å². The van der Waals surface area contributed by atoms with Gasteiger partial charge in [-0.1, -0.05) is 0 Å². The third-order valence-electron chi connectivity index (χ3n) is 4.45. The Labute approximate surface area is 173 Å². The summed E-state index contributed by atoms with van der Waals surface area (Å²) in [4.78, 5) is 33.6. The number of nitrogens with zero attached hydrogens (tertiary/aromatic N) is 4. The van der Waals surface area contributed by atoms with E-state index >= 15 is 0 Å². The van der Waals surface area contributed by atoms with Gasteiger partial charge in [0.15, 0.2) is 4.96 Å². The fourth-order valence-electron chi connectivity index (χ4n) is 3.01. The SMILES string of the molecule is Cn1c(CCNC(=O)CSCc2cc(=O)n3ccsc3n2)nc2ccc(F)cc21. The Morgan fingerprint density at radius 3 is 3.03 bits per heavy atom. The molecule has 3 aromatic heterocycles. The van der Waals surface area contributed by atoms with E-state index in [2.05, 4.69) is 15.3 Å². The van der Waals surface area contributed by atoms with Crippen molar-refractivity contribution >= 4 is 45.0 Å². The van der Waals surface area contributed by atoms with Gasteiger partial charge in [-0.25, -0.2) is 14.4 Å². The van der Waals surface area contributed by atoms with Gasteiger partial charge in [0, 0.05) is 43.4 Å². The van der Waals surface area contributed by atoms with Crippen molar-refractivity contribution in [2.75, 3.05) is 12.3 Å². The van der Waals surface area contributed by atoms with Gasteiger partial charge in [-0.05, 0) is 18.2 Å². The molecule has 7 nitrogen and oxygen atoms in total. The van der Waals surface area contributed by atoms with Crippen LogP contribution in [0.3, 0.4) is 0 Å². The van der Waals surface area contributed by atoms with Gasteiger partial charge in [-0.2, -0.15) is 0 Å². The minimum atomic E-state index is -0.298. The Balaban J connectivity index is 1.26. The summed E-state index contributed by atoms with van der Waals surface area (Å²) in [7, 11) is 1.84. The molecule has 0 radical (unpaired) electrons. The zero-order valence-electron chi connectivity index (χ0n) is 15.6. The number of thiazole rings is 1. The van der Waals surface area contributed by atoms with E-state index in [4.69, 9.17) is 0 Å². The first-order valence-electron chi connectivity index (χ1n) is 8.92. The van der Waals surface area contributed by atoms with E-state index in [1.807, 2.05) is 17.0 Å². The number of nitrogens with one attached hydrogen (secondary N) is 1. The van der Waals surface area contributed by atoms with Crippen LogP contribution in [0, 0.1) is 5.82 Å². The molecule has 0 fully saturated rings. The van der Waals surface area contributed by atoms with Crippen molar-refractivity contribution in [1.82, 2.24) is 24.3 Å². The quantitative estimate of drug-likeness (QED) is 0.486. The van der Waals surface area contributed by atoms with Crippen molar-refractivity contribution in [2.45, 2.75) is 12.2 Å². The number of hydrogen-bond donors (Lipinski definition) is 1. The lowest BCUT2D eigenvalue weighted by Gasteiger charge is -2.06. The second-order valence-electron chi connectivity index (χ2n) is 6.45. The number of thioether (sulfide) groups is 1. The standard InChI is InChI=1S/C19H18FN5O2S2/c1-24-15-8-12(20)2-3-14(15)23-16(24)4-5-21-17(26)11-28-10-13-9-18(27)25-6-7-29-19(25)22-13/h2-3,6-9H,4-5,10-11H2,1H3,(H,21,26). The maximum absolute atomic E-state index is 13.4. The second-order valence-corrected chi connectivity index (χ2v) is 8.31. The normalized spacial score (nSPS) is 11.4. The van der Waals surface area contributed by atoms with Gasteiger partial charge in [-0.15, -0.1) is 23.1 Å². The predicted molar refractivity (Wildman–Crippen MR) is 113 cm³/mol. The molecule has 0 saturated heterocycles. The molecule has 4 aromatic rings. The Hall–Kier alpha value is -2.72. The molecule has 0 aliphatic rings. The van der Waals surface area contributed by atoms with E-state index in [0.717, 1.165) is 16.9 Å². The van der Waals surface area contributed by atoms with E-state index in [1.54, 1.807) is 12.3 Å². The number of aromatic nitrogens is 4. The minimum absolute atomic E-state index is 0.0891. The van der Waals surface area contributed by atoms with E-state index in [1.165, 1.54) is 45.7 Å². The average Bonchev–Trinajstić information content (AvgIpc) is 3.28. The lowest BCUT2D eigenvalue weighted by atomic mass is 10.3. The number of fused-ring (bicyclic) bond motifs is 2. The zero-order valence-corrected chi connectivity index (χ0v) is 17.2. The molecule has 10 heteroatoms. The molecule has 0 aliphatic heterocycles. The monoisotopic (exact) mass is 431 g/mol. The Bertz CT molecular complexity index is 1250. The van der Waals surface area contributed by atoms with Crippen molar-refractivity contribution in [1.29, 1.82) is 0 Å². The van der Waals surface area contributed by atoms with Crippen LogP contribution < -0.4 is 10.9 Å². The predicted octanol–water partition coefficient (Wildman–Crippen LogP) is 2.37. The van der Waals surface area contributed by atoms with Crippen LogP contribution in [-0.2, 0) is 24.0 Å². The molecule has 0 spiro atoms. The largest absolute Gasteiger partial charge is 0.355 e. The molecule has 1 amide bonds.